The van der Waals surface area contributed by atoms with Crippen LogP contribution >= 0.6 is 11.3 Å². The number of thiophene rings is 1. The first kappa shape index (κ1) is 12.6. The summed E-state index contributed by atoms with van der Waals surface area (Å²) < 4.78 is 23.2. The second kappa shape index (κ2) is 4.31. The molecule has 1 fully saturated rings. The molecule has 3 rings (SSSR count). The van der Waals surface area contributed by atoms with Gasteiger partial charge in [-0.1, -0.05) is 0 Å². The van der Waals surface area contributed by atoms with Crippen molar-refractivity contribution < 1.29 is 8.42 Å². The van der Waals surface area contributed by atoms with Crippen LogP contribution in [0.5, 0.6) is 0 Å². The van der Waals surface area contributed by atoms with E-state index in [1.165, 1.54) is 11.3 Å². The molecule has 102 valence electrons. The van der Waals surface area contributed by atoms with E-state index >= 15 is 0 Å². The molecule has 0 spiro atoms. The number of hydrogen-bond acceptors (Lipinski definition) is 7. The molecule has 1 aliphatic rings. The summed E-state index contributed by atoms with van der Waals surface area (Å²) >= 11 is 1.50. The number of nitrogens with zero attached hydrogens (tertiary/aromatic N) is 3. The molecule has 19 heavy (non-hydrogen) atoms. The molecule has 0 aromatic carbocycles. The molecule has 0 bridgehead atoms. The zero-order chi connectivity index (χ0) is 13.6. The molecule has 2 aromatic rings. The van der Waals surface area contributed by atoms with Crippen LogP contribution in [-0.4, -0.2) is 43.0 Å². The molecule has 1 atom stereocenters. The summed E-state index contributed by atoms with van der Waals surface area (Å²) in [6, 6.07) is 1.90. The Balaban J connectivity index is 2.02. The molecular formula is C11H14N4O2S2. The van der Waals surface area contributed by atoms with Crippen LogP contribution in [0.15, 0.2) is 11.4 Å². The lowest BCUT2D eigenvalue weighted by Gasteiger charge is -2.25. The molecule has 1 unspecified atom stereocenters. The third kappa shape index (κ3) is 2.25. The Kier molecular flexibility index (Phi) is 2.86. The van der Waals surface area contributed by atoms with Crippen molar-refractivity contribution in [1.29, 1.82) is 0 Å². The molecule has 2 aromatic heterocycles. The van der Waals surface area contributed by atoms with Crippen LogP contribution in [0.3, 0.4) is 0 Å². The van der Waals surface area contributed by atoms with E-state index < -0.39 is 9.84 Å². The third-order valence-electron chi connectivity index (χ3n) is 3.41. The summed E-state index contributed by atoms with van der Waals surface area (Å²) in [5.41, 5.74) is 5.71. The minimum Gasteiger partial charge on any atom is -0.368 e. The summed E-state index contributed by atoms with van der Waals surface area (Å²) in [6.07, 6.45) is 0.633. The summed E-state index contributed by atoms with van der Waals surface area (Å²) in [6.45, 7) is 0. The monoisotopic (exact) mass is 298 g/mol. The lowest BCUT2D eigenvalue weighted by molar-refractivity contribution is 0.600. The van der Waals surface area contributed by atoms with Crippen LogP contribution in [0, 0.1) is 0 Å². The van der Waals surface area contributed by atoms with Crippen molar-refractivity contribution in [3.05, 3.63) is 11.4 Å². The third-order valence-corrected chi connectivity index (χ3v) is 5.97. The molecule has 8 heteroatoms. The fourth-order valence-electron chi connectivity index (χ4n) is 2.38. The molecule has 3 heterocycles. The van der Waals surface area contributed by atoms with Gasteiger partial charge in [-0.15, -0.1) is 11.3 Å². The highest BCUT2D eigenvalue weighted by molar-refractivity contribution is 7.91. The van der Waals surface area contributed by atoms with E-state index in [4.69, 9.17) is 5.73 Å². The van der Waals surface area contributed by atoms with E-state index in [2.05, 4.69) is 9.97 Å². The minimum absolute atomic E-state index is 0.0394. The van der Waals surface area contributed by atoms with Crippen molar-refractivity contribution >= 4 is 43.2 Å². The first-order valence-corrected chi connectivity index (χ1v) is 8.60. The van der Waals surface area contributed by atoms with Crippen molar-refractivity contribution in [3.8, 4) is 0 Å². The highest BCUT2D eigenvalue weighted by Crippen LogP contribution is 2.30. The van der Waals surface area contributed by atoms with Crippen LogP contribution in [0.4, 0.5) is 11.8 Å². The smallest absolute Gasteiger partial charge is 0.223 e. The normalized spacial score (nSPS) is 21.8. The summed E-state index contributed by atoms with van der Waals surface area (Å²) in [5, 5.41) is 2.85. The predicted molar refractivity (Wildman–Crippen MR) is 77.3 cm³/mol. The van der Waals surface area contributed by atoms with E-state index in [-0.39, 0.29) is 23.5 Å². The highest BCUT2D eigenvalue weighted by atomic mass is 32.2. The molecule has 0 saturated carbocycles. The van der Waals surface area contributed by atoms with E-state index in [1.807, 2.05) is 23.4 Å². The number of sulfone groups is 1. The maximum absolute atomic E-state index is 11.6. The summed E-state index contributed by atoms with van der Waals surface area (Å²) in [4.78, 5) is 11.2. The lowest BCUT2D eigenvalue weighted by Crippen LogP contribution is -2.33. The van der Waals surface area contributed by atoms with Crippen LogP contribution in [-0.2, 0) is 9.84 Å². The Hall–Kier alpha value is -1.41. The lowest BCUT2D eigenvalue weighted by atomic mass is 10.2. The Morgan fingerprint density at radius 3 is 2.95 bits per heavy atom. The molecule has 2 N–H and O–H groups in total. The van der Waals surface area contributed by atoms with Crippen LogP contribution < -0.4 is 10.6 Å². The van der Waals surface area contributed by atoms with Gasteiger partial charge in [-0.05, 0) is 17.9 Å². The molecule has 0 radical (unpaired) electrons. The minimum atomic E-state index is -2.91. The fourth-order valence-corrected chi connectivity index (χ4v) is 4.92. The van der Waals surface area contributed by atoms with Gasteiger partial charge in [0.05, 0.1) is 16.9 Å². The van der Waals surface area contributed by atoms with Gasteiger partial charge in [-0.25, -0.2) is 13.4 Å². The van der Waals surface area contributed by atoms with Gasteiger partial charge in [0.1, 0.15) is 10.6 Å². The number of rotatable bonds is 2. The van der Waals surface area contributed by atoms with Crippen molar-refractivity contribution in [2.45, 2.75) is 12.5 Å². The number of aromatic nitrogens is 2. The van der Waals surface area contributed by atoms with Crippen LogP contribution in [0.25, 0.3) is 10.2 Å². The molecule has 1 aliphatic heterocycles. The van der Waals surface area contributed by atoms with Gasteiger partial charge < -0.3 is 10.6 Å². The predicted octanol–water partition coefficient (Wildman–Crippen LogP) is 0.897. The summed E-state index contributed by atoms with van der Waals surface area (Å²) in [5.74, 6) is 1.36. The quantitative estimate of drug-likeness (QED) is 0.886. The average Bonchev–Trinajstić information content (AvgIpc) is 2.93. The van der Waals surface area contributed by atoms with E-state index in [0.717, 1.165) is 10.2 Å². The zero-order valence-corrected chi connectivity index (χ0v) is 12.0. The van der Waals surface area contributed by atoms with Crippen molar-refractivity contribution in [3.63, 3.8) is 0 Å². The maximum Gasteiger partial charge on any atom is 0.223 e. The largest absolute Gasteiger partial charge is 0.368 e. The van der Waals surface area contributed by atoms with Gasteiger partial charge >= 0.3 is 0 Å². The first-order valence-electron chi connectivity index (χ1n) is 5.90. The zero-order valence-electron chi connectivity index (χ0n) is 10.4. The molecule has 0 amide bonds. The fraction of sp³-hybridized carbons (Fsp3) is 0.455. The second-order valence-corrected chi connectivity index (χ2v) is 7.84. The number of anilines is 2. The molecule has 6 nitrogen and oxygen atoms in total. The van der Waals surface area contributed by atoms with Crippen LogP contribution in [0.2, 0.25) is 0 Å². The second-order valence-electron chi connectivity index (χ2n) is 4.71. The van der Waals surface area contributed by atoms with Crippen molar-refractivity contribution in [2.24, 2.45) is 0 Å². The Bertz CT molecular complexity index is 725. The average molecular weight is 298 g/mol. The van der Waals surface area contributed by atoms with Crippen LogP contribution in [0.1, 0.15) is 6.42 Å². The van der Waals surface area contributed by atoms with Gasteiger partial charge in [0.15, 0.2) is 9.84 Å². The Morgan fingerprint density at radius 2 is 2.26 bits per heavy atom. The Morgan fingerprint density at radius 1 is 1.47 bits per heavy atom. The standard InChI is InChI=1S/C11H14N4O2S2/c1-15(7-3-5-19(16,17)6-7)9-8-2-4-18-10(8)14-11(12)13-9/h2,4,7H,3,5-6H2,1H3,(H2,12,13,14). The molecular weight excluding hydrogens is 284 g/mol. The number of hydrogen-bond donors (Lipinski definition) is 1. The van der Waals surface area contributed by atoms with E-state index in [0.29, 0.717) is 12.2 Å². The summed E-state index contributed by atoms with van der Waals surface area (Å²) in [7, 11) is -1.05. The van der Waals surface area contributed by atoms with Crippen molar-refractivity contribution in [1.82, 2.24) is 9.97 Å². The first-order chi connectivity index (χ1) is 8.96. The topological polar surface area (TPSA) is 89.2 Å². The van der Waals surface area contributed by atoms with E-state index in [9.17, 15) is 8.42 Å². The number of fused-ring (bicyclic) bond motifs is 1. The highest BCUT2D eigenvalue weighted by Gasteiger charge is 2.32. The van der Waals surface area contributed by atoms with Gasteiger partial charge in [0.25, 0.3) is 0 Å². The molecule has 0 aliphatic carbocycles. The number of nitrogens with two attached hydrogens (primary N) is 1. The SMILES string of the molecule is CN(c1nc(N)nc2sccc12)C1CCS(=O)(=O)C1. The maximum atomic E-state index is 11.6. The van der Waals surface area contributed by atoms with Gasteiger partial charge in [0.2, 0.25) is 5.95 Å². The molecule has 1 saturated heterocycles. The van der Waals surface area contributed by atoms with Gasteiger partial charge in [-0.3, -0.25) is 0 Å². The van der Waals surface area contributed by atoms with Gasteiger partial charge in [-0.2, -0.15) is 4.98 Å². The Labute approximate surface area is 115 Å². The van der Waals surface area contributed by atoms with E-state index in [1.54, 1.807) is 0 Å². The van der Waals surface area contributed by atoms with Crippen molar-refractivity contribution in [2.75, 3.05) is 29.2 Å². The number of nitrogen functional groups attached to an aromatic ring is 1. The van der Waals surface area contributed by atoms with Gasteiger partial charge in [0, 0.05) is 13.1 Å².